The summed E-state index contributed by atoms with van der Waals surface area (Å²) in [5, 5.41) is 8.71. The summed E-state index contributed by atoms with van der Waals surface area (Å²) in [5.41, 5.74) is 0. The van der Waals surface area contributed by atoms with E-state index in [0.717, 1.165) is 12.8 Å². The number of rotatable bonds is 6. The van der Waals surface area contributed by atoms with Gasteiger partial charge in [0.05, 0.1) is 12.4 Å². The molecular weight excluding hydrogens is 246 g/mol. The first-order valence-corrected chi connectivity index (χ1v) is 7.25. The number of aliphatic carboxylic acids is 1. The van der Waals surface area contributed by atoms with Crippen LogP contribution in [0.5, 0.6) is 0 Å². The van der Waals surface area contributed by atoms with Crippen molar-refractivity contribution in [3.63, 3.8) is 0 Å². The van der Waals surface area contributed by atoms with Gasteiger partial charge < -0.3 is 9.84 Å². The lowest BCUT2D eigenvalue weighted by atomic mass is 9.96. The highest BCUT2D eigenvalue weighted by Gasteiger charge is 2.29. The third-order valence-corrected chi connectivity index (χ3v) is 4.68. The zero-order valence-electron chi connectivity index (χ0n) is 9.96. The smallest absolute Gasteiger partial charge is 0.303 e. The van der Waals surface area contributed by atoms with Gasteiger partial charge in [-0.25, -0.2) is 12.7 Å². The molecule has 1 aliphatic heterocycles. The third-order valence-electron chi connectivity index (χ3n) is 2.88. The predicted octanol–water partition coefficient (Wildman–Crippen LogP) is 0.149. The molecule has 1 N–H and O–H groups in total. The van der Waals surface area contributed by atoms with Gasteiger partial charge in [0.15, 0.2) is 0 Å². The minimum Gasteiger partial charge on any atom is -0.481 e. The molecule has 7 heteroatoms. The van der Waals surface area contributed by atoms with E-state index in [1.807, 2.05) is 0 Å². The van der Waals surface area contributed by atoms with Gasteiger partial charge in [-0.15, -0.1) is 0 Å². The number of carboxylic acid groups (broad SMARTS) is 1. The first-order chi connectivity index (χ1) is 7.95. The van der Waals surface area contributed by atoms with E-state index in [4.69, 9.17) is 9.84 Å². The number of methoxy groups -OCH3 is 1. The van der Waals surface area contributed by atoms with E-state index in [2.05, 4.69) is 0 Å². The van der Waals surface area contributed by atoms with Crippen LogP contribution >= 0.6 is 0 Å². The van der Waals surface area contributed by atoms with Crippen LogP contribution in [-0.4, -0.2) is 56.4 Å². The quantitative estimate of drug-likeness (QED) is 0.739. The molecule has 0 aromatic heterocycles. The van der Waals surface area contributed by atoms with Gasteiger partial charge in [-0.1, -0.05) is 0 Å². The van der Waals surface area contributed by atoms with Crippen LogP contribution in [0, 0.1) is 5.92 Å². The summed E-state index contributed by atoms with van der Waals surface area (Å²) in [5.74, 6) is -0.978. The molecule has 0 radical (unpaired) electrons. The summed E-state index contributed by atoms with van der Waals surface area (Å²) >= 11 is 0. The number of hydrogen-bond acceptors (Lipinski definition) is 4. The molecule has 0 aromatic rings. The molecule has 17 heavy (non-hydrogen) atoms. The first-order valence-electron chi connectivity index (χ1n) is 5.64. The molecule has 1 fully saturated rings. The maximum absolute atomic E-state index is 11.9. The van der Waals surface area contributed by atoms with Crippen molar-refractivity contribution in [1.82, 2.24) is 4.31 Å². The second-order valence-corrected chi connectivity index (χ2v) is 6.36. The SMILES string of the molecule is COCCS(=O)(=O)N1CCCC(CC(=O)O)C1. The molecule has 6 nitrogen and oxygen atoms in total. The van der Waals surface area contributed by atoms with Gasteiger partial charge in [0, 0.05) is 26.6 Å². The monoisotopic (exact) mass is 265 g/mol. The van der Waals surface area contributed by atoms with Crippen molar-refractivity contribution in [1.29, 1.82) is 0 Å². The molecule has 0 aromatic carbocycles. The normalized spacial score (nSPS) is 22.5. The zero-order valence-corrected chi connectivity index (χ0v) is 10.8. The Hall–Kier alpha value is -0.660. The van der Waals surface area contributed by atoms with Crippen LogP contribution in [0.3, 0.4) is 0 Å². The van der Waals surface area contributed by atoms with Crippen LogP contribution in [0.4, 0.5) is 0 Å². The zero-order chi connectivity index (χ0) is 12.9. The number of nitrogens with zero attached hydrogens (tertiary/aromatic N) is 1. The molecule has 0 aliphatic carbocycles. The Morgan fingerprint density at radius 1 is 1.53 bits per heavy atom. The van der Waals surface area contributed by atoms with Gasteiger partial charge in [0.25, 0.3) is 0 Å². The van der Waals surface area contributed by atoms with E-state index in [9.17, 15) is 13.2 Å². The highest BCUT2D eigenvalue weighted by atomic mass is 32.2. The Labute approximate surface area is 102 Å². The van der Waals surface area contributed by atoms with Crippen LogP contribution in [-0.2, 0) is 19.6 Å². The second-order valence-electron chi connectivity index (χ2n) is 4.27. The molecule has 1 rings (SSSR count). The largest absolute Gasteiger partial charge is 0.481 e. The topological polar surface area (TPSA) is 83.9 Å². The summed E-state index contributed by atoms with van der Waals surface area (Å²) in [6.07, 6.45) is 1.54. The van der Waals surface area contributed by atoms with Gasteiger partial charge in [0.1, 0.15) is 0 Å². The van der Waals surface area contributed by atoms with Crippen LogP contribution in [0.2, 0.25) is 0 Å². The fraction of sp³-hybridized carbons (Fsp3) is 0.900. The van der Waals surface area contributed by atoms with Gasteiger partial charge >= 0.3 is 5.97 Å². The molecule has 100 valence electrons. The number of sulfonamides is 1. The average Bonchev–Trinajstić information content (AvgIpc) is 2.26. The molecule has 1 saturated heterocycles. The Morgan fingerprint density at radius 3 is 2.82 bits per heavy atom. The Balaban J connectivity index is 2.56. The number of carboxylic acids is 1. The standard InChI is InChI=1S/C10H19NO5S/c1-16-5-6-17(14,15)11-4-2-3-9(8-11)7-10(12)13/h9H,2-8H2,1H3,(H,12,13). The van der Waals surface area contributed by atoms with Gasteiger partial charge in [-0.2, -0.15) is 0 Å². The summed E-state index contributed by atoms with van der Waals surface area (Å²) in [4.78, 5) is 10.6. The third kappa shape index (κ3) is 4.61. The minimum absolute atomic E-state index is 0.0380. The van der Waals surface area contributed by atoms with Crippen LogP contribution < -0.4 is 0 Å². The number of piperidine rings is 1. The van der Waals surface area contributed by atoms with E-state index in [1.54, 1.807) is 0 Å². The van der Waals surface area contributed by atoms with Crippen molar-refractivity contribution in [3.8, 4) is 0 Å². The molecule has 0 saturated carbocycles. The molecule has 1 atom stereocenters. The summed E-state index contributed by atoms with van der Waals surface area (Å²) in [6, 6.07) is 0. The van der Waals surface area contributed by atoms with Crippen molar-refractivity contribution >= 4 is 16.0 Å². The highest BCUT2D eigenvalue weighted by molar-refractivity contribution is 7.89. The molecule has 1 aliphatic rings. The van der Waals surface area contributed by atoms with Crippen molar-refractivity contribution in [2.24, 2.45) is 5.92 Å². The van der Waals surface area contributed by atoms with Crippen LogP contribution in [0.15, 0.2) is 0 Å². The Morgan fingerprint density at radius 2 is 2.24 bits per heavy atom. The van der Waals surface area contributed by atoms with Gasteiger partial charge in [0.2, 0.25) is 10.0 Å². The Bertz CT molecular complexity index is 354. The van der Waals surface area contributed by atoms with E-state index >= 15 is 0 Å². The van der Waals surface area contributed by atoms with E-state index in [0.29, 0.717) is 13.1 Å². The lowest BCUT2D eigenvalue weighted by Crippen LogP contribution is -2.42. The van der Waals surface area contributed by atoms with Gasteiger partial charge in [-0.3, -0.25) is 4.79 Å². The number of carbonyl (C=O) groups is 1. The van der Waals surface area contributed by atoms with Crippen LogP contribution in [0.25, 0.3) is 0 Å². The van der Waals surface area contributed by atoms with E-state index < -0.39 is 16.0 Å². The number of hydrogen-bond donors (Lipinski definition) is 1. The highest BCUT2D eigenvalue weighted by Crippen LogP contribution is 2.21. The fourth-order valence-corrected chi connectivity index (χ4v) is 3.49. The minimum atomic E-state index is -3.30. The summed E-state index contributed by atoms with van der Waals surface area (Å²) in [7, 11) is -1.84. The van der Waals surface area contributed by atoms with E-state index in [-0.39, 0.29) is 24.7 Å². The van der Waals surface area contributed by atoms with Crippen LogP contribution in [0.1, 0.15) is 19.3 Å². The van der Waals surface area contributed by atoms with Crippen molar-refractivity contribution in [2.75, 3.05) is 32.6 Å². The van der Waals surface area contributed by atoms with Crippen molar-refractivity contribution in [2.45, 2.75) is 19.3 Å². The lowest BCUT2D eigenvalue weighted by Gasteiger charge is -2.31. The maximum Gasteiger partial charge on any atom is 0.303 e. The maximum atomic E-state index is 11.9. The average molecular weight is 265 g/mol. The molecular formula is C10H19NO5S. The van der Waals surface area contributed by atoms with Crippen molar-refractivity contribution in [3.05, 3.63) is 0 Å². The first kappa shape index (κ1) is 14.4. The summed E-state index contributed by atoms with van der Waals surface area (Å²) < 4.78 is 29.9. The van der Waals surface area contributed by atoms with Crippen molar-refractivity contribution < 1.29 is 23.1 Å². The molecule has 1 unspecified atom stereocenters. The molecule has 1 heterocycles. The molecule has 0 bridgehead atoms. The lowest BCUT2D eigenvalue weighted by molar-refractivity contribution is -0.138. The Kier molecular flexibility index (Phi) is 5.35. The molecule has 0 amide bonds. The van der Waals surface area contributed by atoms with E-state index in [1.165, 1.54) is 11.4 Å². The second kappa shape index (κ2) is 6.32. The van der Waals surface area contributed by atoms with Gasteiger partial charge in [-0.05, 0) is 18.8 Å². The number of ether oxygens (including phenoxy) is 1. The molecule has 0 spiro atoms. The fourth-order valence-electron chi connectivity index (χ4n) is 2.01. The summed E-state index contributed by atoms with van der Waals surface area (Å²) in [6.45, 7) is 0.975. The predicted molar refractivity (Wildman–Crippen MR) is 62.2 cm³/mol.